The zero-order valence-electron chi connectivity index (χ0n) is 5.15. The Kier molecular flexibility index (Phi) is 15.9. The third kappa shape index (κ3) is 13.2. The van der Waals surface area contributed by atoms with E-state index < -0.39 is 0 Å². The van der Waals surface area contributed by atoms with E-state index in [1.165, 1.54) is 0 Å². The zero-order chi connectivity index (χ0) is 3.41. The molecule has 0 aliphatic rings. The minimum Gasteiger partial charge on any atom is -1.00 e. The van der Waals surface area contributed by atoms with Crippen LogP contribution in [0.4, 0.5) is 0 Å². The van der Waals surface area contributed by atoms with E-state index in [9.17, 15) is 0 Å². The molecule has 0 fully saturated rings. The Labute approximate surface area is 46.9 Å². The summed E-state index contributed by atoms with van der Waals surface area (Å²) in [5, 5.41) is 0. The Bertz CT molecular complexity index is 22.7. The summed E-state index contributed by atoms with van der Waals surface area (Å²) < 4.78 is 0. The van der Waals surface area contributed by atoms with Crippen LogP contribution in [0.3, 0.4) is 0 Å². The van der Waals surface area contributed by atoms with Crippen molar-refractivity contribution >= 4 is 0 Å². The summed E-state index contributed by atoms with van der Waals surface area (Å²) in [6.45, 7) is 4.00. The molecule has 0 aliphatic heterocycles. The molecule has 0 aromatic carbocycles. The summed E-state index contributed by atoms with van der Waals surface area (Å²) in [5.74, 6) is 0. The second kappa shape index (κ2) is 8.84. The number of hydrogen-bond acceptors (Lipinski definition) is 0. The van der Waals surface area contributed by atoms with E-state index in [0.717, 1.165) is 0 Å². The largest absolute Gasteiger partial charge is 1.00 e. The van der Waals surface area contributed by atoms with E-state index in [2.05, 4.69) is 0 Å². The molecular weight excluding hydrogens is 55.0 g/mol. The fraction of sp³-hybridized carbons (Fsp3) is 0.500. The average molecular weight is 64.1 g/mol. The van der Waals surface area contributed by atoms with Crippen molar-refractivity contribution < 1.29 is 20.3 Å². The molecule has 0 N–H and O–H groups in total. The summed E-state index contributed by atoms with van der Waals surface area (Å²) >= 11 is 0. The van der Waals surface area contributed by atoms with Gasteiger partial charge in [-0.3, -0.25) is 0 Å². The molecular formula is C4H9Li. The Morgan fingerprint density at radius 1 is 1.20 bits per heavy atom. The molecule has 0 amide bonds. The maximum Gasteiger partial charge on any atom is 1.00 e. The summed E-state index contributed by atoms with van der Waals surface area (Å²) in [4.78, 5) is 0. The first-order valence-electron chi connectivity index (χ1n) is 1.49. The molecule has 0 heterocycles. The van der Waals surface area contributed by atoms with Gasteiger partial charge < -0.3 is 1.43 Å². The zero-order valence-corrected chi connectivity index (χ0v) is 4.15. The first kappa shape index (κ1) is 9.02. The fourth-order valence-corrected chi connectivity index (χ4v) is 0. The molecule has 0 unspecified atom stereocenters. The van der Waals surface area contributed by atoms with Crippen molar-refractivity contribution in [1.29, 1.82) is 0 Å². The molecule has 0 radical (unpaired) electrons. The maximum atomic E-state index is 2.00. The summed E-state index contributed by atoms with van der Waals surface area (Å²) in [6, 6.07) is 0. The van der Waals surface area contributed by atoms with Crippen LogP contribution >= 0.6 is 0 Å². The first-order valence-corrected chi connectivity index (χ1v) is 1.49. The van der Waals surface area contributed by atoms with Gasteiger partial charge in [0.2, 0.25) is 0 Å². The van der Waals surface area contributed by atoms with Crippen LogP contribution in [-0.4, -0.2) is 0 Å². The molecule has 5 heavy (non-hydrogen) atoms. The smallest absolute Gasteiger partial charge is 1.00 e. The van der Waals surface area contributed by atoms with Crippen molar-refractivity contribution in [2.45, 2.75) is 13.8 Å². The molecule has 0 rings (SSSR count). The van der Waals surface area contributed by atoms with Gasteiger partial charge in [-0.1, -0.05) is 12.2 Å². The minimum absolute atomic E-state index is 0. The van der Waals surface area contributed by atoms with Gasteiger partial charge in [0.05, 0.1) is 0 Å². The van der Waals surface area contributed by atoms with Crippen LogP contribution in [0.5, 0.6) is 0 Å². The van der Waals surface area contributed by atoms with Crippen LogP contribution in [0, 0.1) is 0 Å². The van der Waals surface area contributed by atoms with Gasteiger partial charge in [0.25, 0.3) is 0 Å². The molecule has 0 atom stereocenters. The SMILES string of the molecule is CC=CC.[H-].[Li+]. The topological polar surface area (TPSA) is 0 Å². The standard InChI is InChI=1S/C4H8.Li.H/c1-3-4-2;;/h3-4H,1-2H3;;/q;+1;-1. The van der Waals surface area contributed by atoms with Gasteiger partial charge in [0.15, 0.2) is 0 Å². The Hall–Kier alpha value is 0.337. The molecule has 0 aliphatic carbocycles. The van der Waals surface area contributed by atoms with Gasteiger partial charge in [-0.2, -0.15) is 0 Å². The first-order chi connectivity index (χ1) is 1.91. The van der Waals surface area contributed by atoms with Gasteiger partial charge in [0.1, 0.15) is 0 Å². The number of hydrogen-bond donors (Lipinski definition) is 0. The molecule has 0 aromatic rings. The predicted molar refractivity (Wildman–Crippen MR) is 21.6 cm³/mol. The monoisotopic (exact) mass is 64.1 g/mol. The molecule has 1 heteroatoms. The quantitative estimate of drug-likeness (QED) is 0.242. The second-order valence-electron chi connectivity index (χ2n) is 0.667. The van der Waals surface area contributed by atoms with Crippen LogP contribution in [0.25, 0.3) is 0 Å². The van der Waals surface area contributed by atoms with Gasteiger partial charge in [-0.15, -0.1) is 0 Å². The van der Waals surface area contributed by atoms with Gasteiger partial charge in [0, 0.05) is 0 Å². The summed E-state index contributed by atoms with van der Waals surface area (Å²) in [7, 11) is 0. The van der Waals surface area contributed by atoms with Crippen molar-refractivity contribution in [1.82, 2.24) is 0 Å². The minimum atomic E-state index is 0. The van der Waals surface area contributed by atoms with Crippen LogP contribution in [0.15, 0.2) is 12.2 Å². The van der Waals surface area contributed by atoms with Crippen molar-refractivity contribution in [3.63, 3.8) is 0 Å². The average Bonchev–Trinajstić information content (AvgIpc) is 1.37. The van der Waals surface area contributed by atoms with E-state index in [0.29, 0.717) is 0 Å². The third-order valence-electron chi connectivity index (χ3n) is 0.333. The fourth-order valence-electron chi connectivity index (χ4n) is 0. The second-order valence-corrected chi connectivity index (χ2v) is 0.667. The number of rotatable bonds is 0. The molecule has 26 valence electrons. The summed E-state index contributed by atoms with van der Waals surface area (Å²) in [5.41, 5.74) is 0. The molecule has 0 aromatic heterocycles. The normalized spacial score (nSPS) is 7.60. The van der Waals surface area contributed by atoms with Crippen molar-refractivity contribution in [3.8, 4) is 0 Å². The Balaban J connectivity index is -0.0000000450. The van der Waals surface area contributed by atoms with E-state index in [1.54, 1.807) is 0 Å². The van der Waals surface area contributed by atoms with Crippen LogP contribution in [-0.2, 0) is 0 Å². The molecule has 0 bridgehead atoms. The van der Waals surface area contributed by atoms with E-state index in [1.807, 2.05) is 26.0 Å². The molecule has 0 nitrogen and oxygen atoms in total. The van der Waals surface area contributed by atoms with Gasteiger partial charge in [-0.25, -0.2) is 0 Å². The van der Waals surface area contributed by atoms with Crippen molar-refractivity contribution in [2.75, 3.05) is 0 Å². The van der Waals surface area contributed by atoms with E-state index in [4.69, 9.17) is 0 Å². The maximum absolute atomic E-state index is 2.00. The van der Waals surface area contributed by atoms with Gasteiger partial charge >= 0.3 is 18.9 Å². The van der Waals surface area contributed by atoms with Crippen LogP contribution < -0.4 is 18.9 Å². The van der Waals surface area contributed by atoms with Crippen LogP contribution in [0.1, 0.15) is 15.3 Å². The van der Waals surface area contributed by atoms with E-state index in [-0.39, 0.29) is 20.3 Å². The van der Waals surface area contributed by atoms with Crippen LogP contribution in [0.2, 0.25) is 0 Å². The molecule has 0 saturated carbocycles. The molecule has 0 spiro atoms. The Morgan fingerprint density at radius 3 is 1.40 bits per heavy atom. The number of allylic oxidation sites excluding steroid dienone is 2. The Morgan fingerprint density at radius 2 is 1.40 bits per heavy atom. The van der Waals surface area contributed by atoms with Gasteiger partial charge in [-0.05, 0) is 13.8 Å². The van der Waals surface area contributed by atoms with Crippen molar-refractivity contribution in [2.24, 2.45) is 0 Å². The molecule has 0 saturated heterocycles. The summed E-state index contributed by atoms with van der Waals surface area (Å²) in [6.07, 6.45) is 4.00. The predicted octanol–water partition coefficient (Wildman–Crippen LogP) is -1.30. The third-order valence-corrected chi connectivity index (χ3v) is 0.333. The van der Waals surface area contributed by atoms with E-state index >= 15 is 0 Å². The van der Waals surface area contributed by atoms with Crippen molar-refractivity contribution in [3.05, 3.63) is 12.2 Å².